The molecule has 0 radical (unpaired) electrons. The molecule has 0 aliphatic heterocycles. The number of hydrogen-bond acceptors (Lipinski definition) is 6. The molecule has 0 atom stereocenters. The molecule has 4 rings (SSSR count). The van der Waals surface area contributed by atoms with Gasteiger partial charge >= 0.3 is 10.1 Å². The quantitative estimate of drug-likeness (QED) is 0.279. The number of benzene rings is 3. The summed E-state index contributed by atoms with van der Waals surface area (Å²) in [6.07, 6.45) is 1.60. The van der Waals surface area contributed by atoms with E-state index in [0.29, 0.717) is 21.1 Å². The standard InChI is InChI=1S/C22H13BrN2O4S/c23-18-13-15(10-11-20(18)29-30(26,27)17-6-2-1-3-7-17)12-16(14-24)22-25-19-8-4-5-9-21(19)28-22/h1-13H/b16-12+. The second-order valence-corrected chi connectivity index (χ2v) is 8.60. The van der Waals surface area contributed by atoms with Crippen LogP contribution in [-0.2, 0) is 10.1 Å². The fraction of sp³-hybridized carbons (Fsp3) is 0. The molecule has 0 spiro atoms. The summed E-state index contributed by atoms with van der Waals surface area (Å²) in [5.74, 6) is 0.346. The average Bonchev–Trinajstić information content (AvgIpc) is 3.18. The van der Waals surface area contributed by atoms with Crippen LogP contribution in [0, 0.1) is 11.3 Å². The summed E-state index contributed by atoms with van der Waals surface area (Å²) in [5, 5.41) is 9.53. The lowest BCUT2D eigenvalue weighted by atomic mass is 10.1. The first-order valence-electron chi connectivity index (χ1n) is 8.73. The van der Waals surface area contributed by atoms with Crippen molar-refractivity contribution >= 4 is 48.8 Å². The van der Waals surface area contributed by atoms with E-state index in [9.17, 15) is 13.7 Å². The molecule has 148 valence electrons. The highest BCUT2D eigenvalue weighted by atomic mass is 79.9. The Hall–Kier alpha value is -3.41. The zero-order valence-corrected chi connectivity index (χ0v) is 17.7. The predicted molar refractivity (Wildman–Crippen MR) is 116 cm³/mol. The molecule has 1 aromatic heterocycles. The Balaban J connectivity index is 1.63. The van der Waals surface area contributed by atoms with Gasteiger partial charge in [-0.2, -0.15) is 13.7 Å². The highest BCUT2D eigenvalue weighted by molar-refractivity contribution is 9.10. The van der Waals surface area contributed by atoms with Gasteiger partial charge in [-0.15, -0.1) is 0 Å². The second kappa shape index (κ2) is 8.14. The van der Waals surface area contributed by atoms with Crippen LogP contribution in [0.15, 0.2) is 86.6 Å². The Morgan fingerprint density at radius 1 is 1.07 bits per heavy atom. The van der Waals surface area contributed by atoms with Gasteiger partial charge in [-0.25, -0.2) is 4.98 Å². The average molecular weight is 481 g/mol. The first-order chi connectivity index (χ1) is 14.5. The van der Waals surface area contributed by atoms with E-state index >= 15 is 0 Å². The van der Waals surface area contributed by atoms with E-state index in [0.717, 1.165) is 0 Å². The van der Waals surface area contributed by atoms with Gasteiger partial charge in [0.05, 0.1) is 4.47 Å². The first kappa shape index (κ1) is 19.9. The largest absolute Gasteiger partial charge is 0.435 e. The minimum atomic E-state index is -3.96. The minimum absolute atomic E-state index is 0.0589. The van der Waals surface area contributed by atoms with Crippen molar-refractivity contribution in [3.8, 4) is 11.8 Å². The molecule has 0 amide bonds. The number of aromatic nitrogens is 1. The van der Waals surface area contributed by atoms with Crippen LogP contribution in [0.1, 0.15) is 11.5 Å². The fourth-order valence-electron chi connectivity index (χ4n) is 2.72. The number of hydrogen-bond donors (Lipinski definition) is 0. The molecule has 0 fully saturated rings. The lowest BCUT2D eigenvalue weighted by Crippen LogP contribution is -2.09. The van der Waals surface area contributed by atoms with Crippen LogP contribution < -0.4 is 4.18 Å². The maximum absolute atomic E-state index is 12.4. The van der Waals surface area contributed by atoms with Crippen LogP contribution in [-0.4, -0.2) is 13.4 Å². The Labute approximate surface area is 181 Å². The van der Waals surface area contributed by atoms with Crippen molar-refractivity contribution in [2.24, 2.45) is 0 Å². The van der Waals surface area contributed by atoms with Crippen molar-refractivity contribution in [3.63, 3.8) is 0 Å². The van der Waals surface area contributed by atoms with Crippen molar-refractivity contribution in [1.29, 1.82) is 5.26 Å². The van der Waals surface area contributed by atoms with Gasteiger partial charge in [0.1, 0.15) is 22.1 Å². The summed E-state index contributed by atoms with van der Waals surface area (Å²) < 4.78 is 36.1. The summed E-state index contributed by atoms with van der Waals surface area (Å²) >= 11 is 3.33. The van der Waals surface area contributed by atoms with E-state index in [1.165, 1.54) is 18.2 Å². The van der Waals surface area contributed by atoms with Crippen molar-refractivity contribution in [2.75, 3.05) is 0 Å². The summed E-state index contributed by atoms with van der Waals surface area (Å²) in [5.41, 5.74) is 2.13. The van der Waals surface area contributed by atoms with Crippen LogP contribution in [0.25, 0.3) is 22.7 Å². The summed E-state index contributed by atoms with van der Waals surface area (Å²) in [4.78, 5) is 4.39. The molecule has 4 aromatic rings. The van der Waals surface area contributed by atoms with E-state index in [1.807, 2.05) is 12.1 Å². The van der Waals surface area contributed by atoms with Gasteiger partial charge in [0.15, 0.2) is 11.3 Å². The molecule has 0 saturated heterocycles. The zero-order valence-electron chi connectivity index (χ0n) is 15.3. The van der Waals surface area contributed by atoms with Gasteiger partial charge in [-0.05, 0) is 64.0 Å². The van der Waals surface area contributed by atoms with Crippen molar-refractivity contribution in [3.05, 3.63) is 88.7 Å². The molecule has 3 aromatic carbocycles. The highest BCUT2D eigenvalue weighted by Gasteiger charge is 2.18. The van der Waals surface area contributed by atoms with Gasteiger partial charge in [0, 0.05) is 0 Å². The number of oxazole rings is 1. The Morgan fingerprint density at radius 3 is 2.50 bits per heavy atom. The number of allylic oxidation sites excluding steroid dienone is 1. The lowest BCUT2D eigenvalue weighted by molar-refractivity contribution is 0.484. The molecule has 0 aliphatic rings. The number of nitriles is 1. The molecule has 8 heteroatoms. The molecular formula is C22H13BrN2O4S. The van der Waals surface area contributed by atoms with Gasteiger partial charge in [-0.3, -0.25) is 0 Å². The smallest absolute Gasteiger partial charge is 0.339 e. The number of fused-ring (bicyclic) bond motifs is 1. The Bertz CT molecular complexity index is 1370. The van der Waals surface area contributed by atoms with Crippen LogP contribution in [0.2, 0.25) is 0 Å². The molecule has 0 unspecified atom stereocenters. The molecule has 0 bridgehead atoms. The van der Waals surface area contributed by atoms with Crippen molar-refractivity contribution in [1.82, 2.24) is 4.98 Å². The number of nitrogens with zero attached hydrogens (tertiary/aromatic N) is 2. The summed E-state index contributed by atoms with van der Waals surface area (Å²) in [6.45, 7) is 0. The molecule has 6 nitrogen and oxygen atoms in total. The SMILES string of the molecule is N#C/C(=C\c1ccc(OS(=O)(=O)c2ccccc2)c(Br)c1)c1nc2ccccc2o1. The number of para-hydroxylation sites is 2. The van der Waals surface area contributed by atoms with Gasteiger partial charge in [0.2, 0.25) is 5.89 Å². The van der Waals surface area contributed by atoms with E-state index in [1.54, 1.807) is 48.5 Å². The second-order valence-electron chi connectivity index (χ2n) is 6.20. The predicted octanol–water partition coefficient (Wildman–Crippen LogP) is 5.42. The number of rotatable bonds is 5. The van der Waals surface area contributed by atoms with Crippen molar-refractivity contribution < 1.29 is 17.0 Å². The molecule has 0 aliphatic carbocycles. The third kappa shape index (κ3) is 4.13. The maximum Gasteiger partial charge on any atom is 0.339 e. The van der Waals surface area contributed by atoms with Gasteiger partial charge < -0.3 is 8.60 Å². The topological polar surface area (TPSA) is 93.2 Å². The normalized spacial score (nSPS) is 11.9. The van der Waals surface area contributed by atoms with Gasteiger partial charge in [-0.1, -0.05) is 36.4 Å². The third-order valence-electron chi connectivity index (χ3n) is 4.14. The summed E-state index contributed by atoms with van der Waals surface area (Å²) in [6, 6.07) is 22.0. The number of halogens is 1. The van der Waals surface area contributed by atoms with Crippen LogP contribution in [0.4, 0.5) is 0 Å². The first-order valence-corrected chi connectivity index (χ1v) is 10.9. The molecule has 0 N–H and O–H groups in total. The molecule has 1 heterocycles. The zero-order chi connectivity index (χ0) is 21.1. The molecular weight excluding hydrogens is 468 g/mol. The Morgan fingerprint density at radius 2 is 1.80 bits per heavy atom. The van der Waals surface area contributed by atoms with Crippen LogP contribution in [0.5, 0.6) is 5.75 Å². The third-order valence-corrected chi connectivity index (χ3v) is 6.01. The fourth-order valence-corrected chi connectivity index (χ4v) is 4.28. The van der Waals surface area contributed by atoms with Crippen LogP contribution in [0.3, 0.4) is 0 Å². The maximum atomic E-state index is 12.4. The van der Waals surface area contributed by atoms with Gasteiger partial charge in [0.25, 0.3) is 0 Å². The Kier molecular flexibility index (Phi) is 5.40. The highest BCUT2D eigenvalue weighted by Crippen LogP contribution is 2.30. The lowest BCUT2D eigenvalue weighted by Gasteiger charge is -2.09. The van der Waals surface area contributed by atoms with Crippen molar-refractivity contribution in [2.45, 2.75) is 4.90 Å². The van der Waals surface area contributed by atoms with Crippen LogP contribution >= 0.6 is 15.9 Å². The van der Waals surface area contributed by atoms with E-state index < -0.39 is 10.1 Å². The van der Waals surface area contributed by atoms with E-state index in [2.05, 4.69) is 27.0 Å². The monoisotopic (exact) mass is 480 g/mol. The molecule has 0 saturated carbocycles. The van der Waals surface area contributed by atoms with E-state index in [4.69, 9.17) is 8.60 Å². The summed E-state index contributed by atoms with van der Waals surface area (Å²) in [7, 11) is -3.96. The minimum Gasteiger partial charge on any atom is -0.435 e. The molecule has 30 heavy (non-hydrogen) atoms. The van der Waals surface area contributed by atoms with E-state index in [-0.39, 0.29) is 22.1 Å².